The van der Waals surface area contributed by atoms with Gasteiger partial charge in [0.05, 0.1) is 25.2 Å². The van der Waals surface area contributed by atoms with Crippen LogP contribution >= 0.6 is 0 Å². The number of hydrogen-bond acceptors (Lipinski definition) is 5. The zero-order valence-corrected chi connectivity index (χ0v) is 20.0. The fourth-order valence-corrected chi connectivity index (χ4v) is 5.16. The molecule has 3 aromatic rings. The predicted octanol–water partition coefficient (Wildman–Crippen LogP) is 4.03. The standard InChI is InChI=1S/C28H29N3O4/c1-3-34-23-14-19-11-13-31-26(22(19)15-24(23)35-4-2)25(20-9-5-6-10-21(20)28(31)33)27(32)30-17-18-8-7-12-29-16-18/h5-10,12,14-16,25-26H,3-4,11,13,17H2,1-2H3,(H,30,32). The van der Waals surface area contributed by atoms with Crippen molar-refractivity contribution >= 4 is 11.8 Å². The van der Waals surface area contributed by atoms with E-state index in [0.717, 1.165) is 22.3 Å². The lowest BCUT2D eigenvalue weighted by Gasteiger charge is -2.45. The van der Waals surface area contributed by atoms with Crippen molar-refractivity contribution in [2.24, 2.45) is 0 Å². The molecule has 3 heterocycles. The van der Waals surface area contributed by atoms with Crippen molar-refractivity contribution in [3.8, 4) is 11.5 Å². The minimum atomic E-state index is -0.549. The van der Waals surface area contributed by atoms with Gasteiger partial charge in [0.1, 0.15) is 0 Å². The Hall–Kier alpha value is -3.87. The van der Waals surface area contributed by atoms with Crippen LogP contribution in [0.5, 0.6) is 11.5 Å². The van der Waals surface area contributed by atoms with Crippen LogP contribution in [-0.4, -0.2) is 41.5 Å². The first kappa shape index (κ1) is 22.9. The Bertz CT molecular complexity index is 1240. The van der Waals surface area contributed by atoms with Crippen LogP contribution in [0.3, 0.4) is 0 Å². The molecule has 0 saturated heterocycles. The summed E-state index contributed by atoms with van der Waals surface area (Å²) < 4.78 is 11.7. The first-order chi connectivity index (χ1) is 17.1. The summed E-state index contributed by atoms with van der Waals surface area (Å²) in [6.07, 6.45) is 4.14. The van der Waals surface area contributed by atoms with Crippen molar-refractivity contribution in [1.29, 1.82) is 0 Å². The fourth-order valence-electron chi connectivity index (χ4n) is 5.16. The van der Waals surface area contributed by atoms with Gasteiger partial charge in [0.25, 0.3) is 5.91 Å². The van der Waals surface area contributed by atoms with Crippen LogP contribution in [0.15, 0.2) is 60.9 Å². The molecule has 0 aliphatic carbocycles. The average Bonchev–Trinajstić information content (AvgIpc) is 2.89. The second-order valence-corrected chi connectivity index (χ2v) is 8.70. The first-order valence-corrected chi connectivity index (χ1v) is 12.1. The lowest BCUT2D eigenvalue weighted by atomic mass is 9.75. The van der Waals surface area contributed by atoms with Gasteiger partial charge in [0.2, 0.25) is 5.91 Å². The molecule has 0 spiro atoms. The van der Waals surface area contributed by atoms with E-state index < -0.39 is 12.0 Å². The van der Waals surface area contributed by atoms with Crippen LogP contribution in [0.1, 0.15) is 58.4 Å². The third-order valence-corrected chi connectivity index (χ3v) is 6.66. The molecule has 2 unspecified atom stereocenters. The molecule has 0 fully saturated rings. The Kier molecular flexibility index (Phi) is 6.40. The quantitative estimate of drug-likeness (QED) is 0.563. The predicted molar refractivity (Wildman–Crippen MR) is 132 cm³/mol. The molecule has 2 aliphatic heterocycles. The summed E-state index contributed by atoms with van der Waals surface area (Å²) in [6, 6.07) is 14.8. The Labute approximate surface area is 205 Å². The largest absolute Gasteiger partial charge is 0.490 e. The summed E-state index contributed by atoms with van der Waals surface area (Å²) in [5.41, 5.74) is 4.27. The lowest BCUT2D eigenvalue weighted by molar-refractivity contribution is -0.124. The number of hydrogen-bond donors (Lipinski definition) is 1. The number of nitrogens with one attached hydrogen (secondary N) is 1. The summed E-state index contributed by atoms with van der Waals surface area (Å²) >= 11 is 0. The second-order valence-electron chi connectivity index (χ2n) is 8.70. The normalized spacial score (nSPS) is 18.2. The summed E-state index contributed by atoms with van der Waals surface area (Å²) in [4.78, 5) is 33.3. The molecule has 2 atom stereocenters. The maximum absolute atomic E-state index is 13.8. The van der Waals surface area contributed by atoms with Gasteiger partial charge in [-0.25, -0.2) is 0 Å². The van der Waals surface area contributed by atoms with Crippen LogP contribution in [0, 0.1) is 0 Å². The van der Waals surface area contributed by atoms with E-state index in [9.17, 15) is 9.59 Å². The minimum Gasteiger partial charge on any atom is -0.490 e. The van der Waals surface area contributed by atoms with Crippen molar-refractivity contribution in [2.75, 3.05) is 19.8 Å². The Morgan fingerprint density at radius 2 is 1.83 bits per heavy atom. The highest BCUT2D eigenvalue weighted by Crippen LogP contribution is 2.48. The summed E-state index contributed by atoms with van der Waals surface area (Å²) in [5, 5.41) is 3.09. The van der Waals surface area contributed by atoms with Gasteiger partial charge in [-0.05, 0) is 66.8 Å². The maximum Gasteiger partial charge on any atom is 0.254 e. The van der Waals surface area contributed by atoms with Gasteiger partial charge in [-0.15, -0.1) is 0 Å². The highest BCUT2D eigenvalue weighted by Gasteiger charge is 2.46. The molecule has 7 nitrogen and oxygen atoms in total. The minimum absolute atomic E-state index is 0.0422. The fraction of sp³-hybridized carbons (Fsp3) is 0.321. The SMILES string of the molecule is CCOc1cc2c(cc1OCC)C1C(C(=O)NCc3cccnc3)c3ccccc3C(=O)N1CC2. The molecule has 2 aromatic carbocycles. The van der Waals surface area contributed by atoms with E-state index in [4.69, 9.17) is 9.47 Å². The highest BCUT2D eigenvalue weighted by atomic mass is 16.5. The number of carbonyl (C=O) groups excluding carboxylic acids is 2. The van der Waals surface area contributed by atoms with Crippen LogP contribution in [0.2, 0.25) is 0 Å². The summed E-state index contributed by atoms with van der Waals surface area (Å²) in [7, 11) is 0. The molecule has 1 N–H and O–H groups in total. The number of ether oxygens (including phenoxy) is 2. The second kappa shape index (κ2) is 9.78. The first-order valence-electron chi connectivity index (χ1n) is 12.1. The van der Waals surface area contributed by atoms with Crippen LogP contribution in [-0.2, 0) is 17.8 Å². The molecule has 5 rings (SSSR count). The topological polar surface area (TPSA) is 80.8 Å². The Morgan fingerprint density at radius 1 is 1.06 bits per heavy atom. The molecule has 0 bridgehead atoms. The third-order valence-electron chi connectivity index (χ3n) is 6.66. The number of benzene rings is 2. The maximum atomic E-state index is 13.8. The smallest absolute Gasteiger partial charge is 0.254 e. The van der Waals surface area contributed by atoms with E-state index >= 15 is 0 Å². The molecule has 2 amide bonds. The van der Waals surface area contributed by atoms with Crippen molar-refractivity contribution in [1.82, 2.24) is 15.2 Å². The van der Waals surface area contributed by atoms with Crippen molar-refractivity contribution < 1.29 is 19.1 Å². The highest BCUT2D eigenvalue weighted by molar-refractivity contribution is 6.01. The number of carbonyl (C=O) groups is 2. The van der Waals surface area contributed by atoms with Gasteiger partial charge in [-0.1, -0.05) is 24.3 Å². The van der Waals surface area contributed by atoms with Crippen LogP contribution in [0.25, 0.3) is 0 Å². The van der Waals surface area contributed by atoms with E-state index in [1.165, 1.54) is 0 Å². The molecular formula is C28H29N3O4. The van der Waals surface area contributed by atoms with Gasteiger partial charge in [-0.2, -0.15) is 0 Å². The molecule has 7 heteroatoms. The summed E-state index contributed by atoms with van der Waals surface area (Å²) in [6.45, 7) is 5.79. The van der Waals surface area contributed by atoms with Crippen molar-refractivity contribution in [3.63, 3.8) is 0 Å². The van der Waals surface area contributed by atoms with Crippen LogP contribution < -0.4 is 14.8 Å². The molecule has 0 radical (unpaired) electrons. The van der Waals surface area contributed by atoms with Gasteiger partial charge in [0.15, 0.2) is 11.5 Å². The van der Waals surface area contributed by atoms with E-state index in [2.05, 4.69) is 10.3 Å². The van der Waals surface area contributed by atoms with Crippen molar-refractivity contribution in [3.05, 3.63) is 88.7 Å². The molecule has 35 heavy (non-hydrogen) atoms. The monoisotopic (exact) mass is 471 g/mol. The molecule has 0 saturated carbocycles. The van der Waals surface area contributed by atoms with E-state index in [1.54, 1.807) is 12.4 Å². The Balaban J connectivity index is 1.59. The molecule has 1 aromatic heterocycles. The third kappa shape index (κ3) is 4.22. The van der Waals surface area contributed by atoms with Gasteiger partial charge < -0.3 is 19.7 Å². The zero-order chi connectivity index (χ0) is 24.4. The zero-order valence-electron chi connectivity index (χ0n) is 20.0. The van der Waals surface area contributed by atoms with E-state index in [1.807, 2.05) is 67.3 Å². The number of pyridine rings is 1. The Morgan fingerprint density at radius 3 is 2.57 bits per heavy atom. The number of rotatable bonds is 7. The molecule has 180 valence electrons. The number of amides is 2. The number of fused-ring (bicyclic) bond motifs is 4. The van der Waals surface area contributed by atoms with E-state index in [-0.39, 0.29) is 11.8 Å². The molecule has 2 aliphatic rings. The van der Waals surface area contributed by atoms with E-state index in [0.29, 0.717) is 49.8 Å². The van der Waals surface area contributed by atoms with Gasteiger partial charge in [-0.3, -0.25) is 14.6 Å². The number of aromatic nitrogens is 1. The van der Waals surface area contributed by atoms with Gasteiger partial charge >= 0.3 is 0 Å². The van der Waals surface area contributed by atoms with Gasteiger partial charge in [0, 0.05) is 31.0 Å². The number of nitrogens with zero attached hydrogens (tertiary/aromatic N) is 2. The van der Waals surface area contributed by atoms with Crippen molar-refractivity contribution in [2.45, 2.75) is 38.8 Å². The van der Waals surface area contributed by atoms with Crippen LogP contribution in [0.4, 0.5) is 0 Å². The average molecular weight is 472 g/mol. The molecular weight excluding hydrogens is 442 g/mol. The lowest BCUT2D eigenvalue weighted by Crippen LogP contribution is -2.50. The summed E-state index contributed by atoms with van der Waals surface area (Å²) in [5.74, 6) is 0.618.